The molecule has 1 aromatic rings. The topological polar surface area (TPSA) is 55.4 Å². The summed E-state index contributed by atoms with van der Waals surface area (Å²) < 4.78 is 4.84. The number of carbonyl (C=O) groups is 2. The lowest BCUT2D eigenvalue weighted by Gasteiger charge is -2.13. The van der Waals surface area contributed by atoms with E-state index in [4.69, 9.17) is 4.74 Å². The second-order valence-electron chi connectivity index (χ2n) is 4.60. The maximum Gasteiger partial charge on any atom is 0.328 e. The number of hydrogen-bond acceptors (Lipinski definition) is 4. The van der Waals surface area contributed by atoms with Gasteiger partial charge in [-0.3, -0.25) is 4.79 Å². The average molecular weight is 295 g/mol. The van der Waals surface area contributed by atoms with Gasteiger partial charge in [-0.15, -0.1) is 11.8 Å². The van der Waals surface area contributed by atoms with Crippen LogP contribution in [0.25, 0.3) is 0 Å². The van der Waals surface area contributed by atoms with Crippen molar-refractivity contribution in [1.29, 1.82) is 0 Å². The number of benzene rings is 1. The first-order valence-electron chi connectivity index (χ1n) is 6.60. The van der Waals surface area contributed by atoms with Crippen LogP contribution in [0.3, 0.4) is 0 Å². The van der Waals surface area contributed by atoms with Crippen LogP contribution in [0.4, 0.5) is 0 Å². The van der Waals surface area contributed by atoms with E-state index in [0.717, 1.165) is 10.5 Å². The fourth-order valence-electron chi connectivity index (χ4n) is 1.62. The van der Waals surface area contributed by atoms with Crippen molar-refractivity contribution in [3.63, 3.8) is 0 Å². The zero-order valence-electron chi connectivity index (χ0n) is 12.4. The van der Waals surface area contributed by atoms with Gasteiger partial charge < -0.3 is 10.1 Å². The molecule has 0 fully saturated rings. The molecule has 0 bridgehead atoms. The summed E-state index contributed by atoms with van der Waals surface area (Å²) in [6.07, 6.45) is 0. The molecule has 20 heavy (non-hydrogen) atoms. The number of nitrogens with one attached hydrogen (secondary N) is 1. The summed E-state index contributed by atoms with van der Waals surface area (Å²) in [6, 6.07) is 5.53. The minimum absolute atomic E-state index is 0.170. The molecule has 1 unspecified atom stereocenters. The number of ether oxygens (including phenoxy) is 1. The van der Waals surface area contributed by atoms with Crippen LogP contribution in [-0.2, 0) is 14.3 Å². The van der Waals surface area contributed by atoms with Gasteiger partial charge in [0.05, 0.1) is 12.4 Å². The highest BCUT2D eigenvalue weighted by molar-refractivity contribution is 8.00. The summed E-state index contributed by atoms with van der Waals surface area (Å²) in [5, 5.41) is 2.63. The number of esters is 1. The van der Waals surface area contributed by atoms with E-state index in [2.05, 4.69) is 11.4 Å². The van der Waals surface area contributed by atoms with Gasteiger partial charge in [-0.1, -0.05) is 17.7 Å². The van der Waals surface area contributed by atoms with E-state index >= 15 is 0 Å². The SMILES string of the molecule is CCOC(=O)C(C)NC(=O)CSc1cc(C)ccc1C. The molecular formula is C15H21NO3S. The number of thioether (sulfide) groups is 1. The summed E-state index contributed by atoms with van der Waals surface area (Å²) >= 11 is 1.47. The zero-order chi connectivity index (χ0) is 15.1. The molecule has 4 nitrogen and oxygen atoms in total. The molecule has 1 rings (SSSR count). The van der Waals surface area contributed by atoms with Crippen molar-refractivity contribution in [1.82, 2.24) is 5.32 Å². The average Bonchev–Trinajstić information content (AvgIpc) is 2.40. The van der Waals surface area contributed by atoms with Crippen molar-refractivity contribution < 1.29 is 14.3 Å². The highest BCUT2D eigenvalue weighted by Gasteiger charge is 2.16. The van der Waals surface area contributed by atoms with Crippen molar-refractivity contribution >= 4 is 23.6 Å². The Hall–Kier alpha value is -1.49. The molecule has 0 spiro atoms. The smallest absolute Gasteiger partial charge is 0.328 e. The first-order valence-corrected chi connectivity index (χ1v) is 7.58. The van der Waals surface area contributed by atoms with Gasteiger partial charge in [0.15, 0.2) is 0 Å². The van der Waals surface area contributed by atoms with Crippen LogP contribution >= 0.6 is 11.8 Å². The molecule has 1 aromatic carbocycles. The van der Waals surface area contributed by atoms with Crippen molar-refractivity contribution in [3.8, 4) is 0 Å². The molecule has 0 radical (unpaired) electrons. The van der Waals surface area contributed by atoms with Crippen molar-refractivity contribution in [3.05, 3.63) is 29.3 Å². The molecule has 1 atom stereocenters. The van der Waals surface area contributed by atoms with Crippen molar-refractivity contribution in [2.45, 2.75) is 38.6 Å². The Morgan fingerprint density at radius 3 is 2.70 bits per heavy atom. The quantitative estimate of drug-likeness (QED) is 0.647. The maximum absolute atomic E-state index is 11.8. The molecule has 0 saturated carbocycles. The Labute approximate surface area is 124 Å². The van der Waals surface area contributed by atoms with Gasteiger partial charge in [0.25, 0.3) is 0 Å². The van der Waals surface area contributed by atoms with Gasteiger partial charge in [-0.2, -0.15) is 0 Å². The van der Waals surface area contributed by atoms with E-state index in [1.807, 2.05) is 26.0 Å². The molecule has 110 valence electrons. The van der Waals surface area contributed by atoms with Gasteiger partial charge >= 0.3 is 5.97 Å². The zero-order valence-corrected chi connectivity index (χ0v) is 13.2. The number of carbonyl (C=O) groups excluding carboxylic acids is 2. The number of hydrogen-bond donors (Lipinski definition) is 1. The van der Waals surface area contributed by atoms with Gasteiger partial charge in [0.2, 0.25) is 5.91 Å². The molecule has 0 aliphatic rings. The highest BCUT2D eigenvalue weighted by Crippen LogP contribution is 2.23. The van der Waals surface area contributed by atoms with E-state index in [1.165, 1.54) is 17.3 Å². The Bertz CT molecular complexity index is 488. The highest BCUT2D eigenvalue weighted by atomic mass is 32.2. The number of rotatable bonds is 6. The molecule has 5 heteroatoms. The van der Waals surface area contributed by atoms with Gasteiger partial charge in [-0.25, -0.2) is 4.79 Å². The van der Waals surface area contributed by atoms with E-state index in [-0.39, 0.29) is 11.7 Å². The van der Waals surface area contributed by atoms with Crippen molar-refractivity contribution in [2.75, 3.05) is 12.4 Å². The van der Waals surface area contributed by atoms with Gasteiger partial charge in [0, 0.05) is 4.90 Å². The summed E-state index contributed by atoms with van der Waals surface area (Å²) in [4.78, 5) is 24.3. The molecule has 0 heterocycles. The lowest BCUT2D eigenvalue weighted by Crippen LogP contribution is -2.40. The van der Waals surface area contributed by atoms with Crippen LogP contribution in [0.2, 0.25) is 0 Å². The molecule has 0 aromatic heterocycles. The molecule has 0 saturated heterocycles. The third kappa shape index (κ3) is 5.25. The molecule has 1 N–H and O–H groups in total. The fourth-order valence-corrected chi connectivity index (χ4v) is 2.55. The lowest BCUT2D eigenvalue weighted by molar-refractivity contribution is -0.146. The summed E-state index contributed by atoms with van der Waals surface area (Å²) in [5.74, 6) is -0.289. The Balaban J connectivity index is 2.47. The standard InChI is InChI=1S/C15H21NO3S/c1-5-19-15(18)12(4)16-14(17)9-20-13-8-10(2)6-7-11(13)3/h6-8,12H,5,9H2,1-4H3,(H,16,17). The Kier molecular flexibility index (Phi) is 6.58. The molecule has 0 aliphatic heterocycles. The van der Waals surface area contributed by atoms with Crippen LogP contribution in [0.5, 0.6) is 0 Å². The van der Waals surface area contributed by atoms with Crippen LogP contribution in [-0.4, -0.2) is 30.3 Å². The van der Waals surface area contributed by atoms with Gasteiger partial charge in [-0.05, 0) is 39.3 Å². The third-order valence-corrected chi connectivity index (χ3v) is 3.88. The minimum Gasteiger partial charge on any atom is -0.464 e. The van der Waals surface area contributed by atoms with Crippen LogP contribution in [0, 0.1) is 13.8 Å². The predicted octanol–water partition coefficient (Wildman–Crippen LogP) is 2.46. The monoisotopic (exact) mass is 295 g/mol. The summed E-state index contributed by atoms with van der Waals surface area (Å²) in [6.45, 7) is 7.71. The number of amides is 1. The molecular weight excluding hydrogens is 274 g/mol. The Morgan fingerprint density at radius 2 is 2.05 bits per heavy atom. The van der Waals surface area contributed by atoms with Crippen molar-refractivity contribution in [2.24, 2.45) is 0 Å². The first-order chi connectivity index (χ1) is 9.43. The molecule has 1 amide bonds. The molecule has 0 aliphatic carbocycles. The van der Waals surface area contributed by atoms with Crippen LogP contribution in [0.1, 0.15) is 25.0 Å². The van der Waals surface area contributed by atoms with E-state index in [9.17, 15) is 9.59 Å². The van der Waals surface area contributed by atoms with Crippen LogP contribution < -0.4 is 5.32 Å². The fraction of sp³-hybridized carbons (Fsp3) is 0.467. The maximum atomic E-state index is 11.8. The summed E-state index contributed by atoms with van der Waals surface area (Å²) in [5.41, 5.74) is 2.31. The van der Waals surface area contributed by atoms with E-state index in [0.29, 0.717) is 6.61 Å². The summed E-state index contributed by atoms with van der Waals surface area (Å²) in [7, 11) is 0. The largest absolute Gasteiger partial charge is 0.464 e. The van der Waals surface area contributed by atoms with E-state index < -0.39 is 12.0 Å². The minimum atomic E-state index is -0.610. The van der Waals surface area contributed by atoms with Gasteiger partial charge in [0.1, 0.15) is 6.04 Å². The normalized spacial score (nSPS) is 11.8. The Morgan fingerprint density at radius 1 is 1.35 bits per heavy atom. The first kappa shape index (κ1) is 16.6. The second kappa shape index (κ2) is 7.94. The predicted molar refractivity (Wildman–Crippen MR) is 80.9 cm³/mol. The van der Waals surface area contributed by atoms with E-state index in [1.54, 1.807) is 13.8 Å². The number of aryl methyl sites for hydroxylation is 2. The van der Waals surface area contributed by atoms with Crippen LogP contribution in [0.15, 0.2) is 23.1 Å². The third-order valence-electron chi connectivity index (χ3n) is 2.72. The lowest BCUT2D eigenvalue weighted by atomic mass is 10.2. The second-order valence-corrected chi connectivity index (χ2v) is 5.62.